The van der Waals surface area contributed by atoms with Gasteiger partial charge in [-0.1, -0.05) is 29.8 Å². The molecule has 0 bridgehead atoms. The Labute approximate surface area is 172 Å². The molecule has 29 heavy (non-hydrogen) atoms. The highest BCUT2D eigenvalue weighted by Crippen LogP contribution is 2.27. The van der Waals surface area contributed by atoms with Crippen LogP contribution in [-0.4, -0.2) is 28.3 Å². The minimum absolute atomic E-state index is 0.102. The van der Waals surface area contributed by atoms with E-state index in [9.17, 15) is 9.59 Å². The lowest BCUT2D eigenvalue weighted by molar-refractivity contribution is -0.122. The van der Waals surface area contributed by atoms with Crippen molar-refractivity contribution < 1.29 is 14.3 Å². The van der Waals surface area contributed by atoms with Crippen molar-refractivity contribution in [2.45, 2.75) is 6.42 Å². The molecular weight excluding hydrogens is 392 g/mol. The molecule has 1 atom stereocenters. The third-order valence-electron chi connectivity index (χ3n) is 4.48. The van der Waals surface area contributed by atoms with E-state index in [4.69, 9.17) is 16.3 Å². The van der Waals surface area contributed by atoms with E-state index in [1.165, 1.54) is 12.4 Å². The Morgan fingerprint density at radius 3 is 2.45 bits per heavy atom. The normalized spacial score (nSPS) is 16.0. The van der Waals surface area contributed by atoms with Crippen molar-refractivity contribution >= 4 is 34.8 Å². The molecule has 1 aliphatic rings. The molecule has 1 aliphatic heterocycles. The summed E-state index contributed by atoms with van der Waals surface area (Å²) < 4.78 is 5.53. The summed E-state index contributed by atoms with van der Waals surface area (Å²) in [6.07, 6.45) is 3.08. The van der Waals surface area contributed by atoms with E-state index in [1.54, 1.807) is 41.3 Å². The van der Waals surface area contributed by atoms with E-state index in [1.807, 2.05) is 18.2 Å². The second-order valence-electron chi connectivity index (χ2n) is 6.54. The van der Waals surface area contributed by atoms with Gasteiger partial charge in [-0.05, 0) is 36.4 Å². The fraction of sp³-hybridized carbons (Fsp3) is 0.143. The minimum Gasteiger partial charge on any atom is -0.424 e. The molecule has 0 saturated carbocycles. The summed E-state index contributed by atoms with van der Waals surface area (Å²) in [6.45, 7) is 0.308. The Morgan fingerprint density at radius 2 is 1.76 bits per heavy atom. The third-order valence-corrected chi connectivity index (χ3v) is 4.73. The lowest BCUT2D eigenvalue weighted by Gasteiger charge is -2.16. The zero-order valence-electron chi connectivity index (χ0n) is 15.3. The van der Waals surface area contributed by atoms with Crippen LogP contribution in [0, 0.1) is 5.92 Å². The van der Waals surface area contributed by atoms with Crippen LogP contribution in [0.1, 0.15) is 6.42 Å². The van der Waals surface area contributed by atoms with Crippen LogP contribution < -0.4 is 15.0 Å². The Hall–Kier alpha value is -3.45. The highest BCUT2D eigenvalue weighted by Gasteiger charge is 2.35. The molecule has 146 valence electrons. The number of carbonyl (C=O) groups is 2. The zero-order valence-corrected chi connectivity index (χ0v) is 16.0. The number of hydrogen-bond donors (Lipinski definition) is 1. The van der Waals surface area contributed by atoms with E-state index in [0.717, 1.165) is 5.69 Å². The van der Waals surface area contributed by atoms with Crippen molar-refractivity contribution in [2.24, 2.45) is 5.92 Å². The van der Waals surface area contributed by atoms with Gasteiger partial charge < -0.3 is 15.0 Å². The predicted molar refractivity (Wildman–Crippen MR) is 109 cm³/mol. The number of hydrogen-bond acceptors (Lipinski definition) is 5. The highest BCUT2D eigenvalue weighted by atomic mass is 35.5. The average Bonchev–Trinajstić information content (AvgIpc) is 3.13. The van der Waals surface area contributed by atoms with Crippen molar-refractivity contribution in [3.8, 4) is 11.8 Å². The standard InChI is InChI=1S/C21H17ClN4O3/c22-15-6-8-17(9-7-15)26-13-14(10-19(26)27)20(28)25-16-11-23-21(24-12-16)29-18-4-2-1-3-5-18/h1-9,11-12,14H,10,13H2,(H,25,28). The SMILES string of the molecule is O=C(Nc1cnc(Oc2ccccc2)nc1)C1CC(=O)N(c2ccc(Cl)cc2)C1. The van der Waals surface area contributed by atoms with Gasteiger partial charge >= 0.3 is 6.01 Å². The van der Waals surface area contributed by atoms with E-state index in [0.29, 0.717) is 23.0 Å². The summed E-state index contributed by atoms with van der Waals surface area (Å²) in [5, 5.41) is 3.35. The van der Waals surface area contributed by atoms with Crippen LogP contribution in [0.2, 0.25) is 5.02 Å². The van der Waals surface area contributed by atoms with Crippen molar-refractivity contribution in [3.05, 3.63) is 72.0 Å². The van der Waals surface area contributed by atoms with Gasteiger partial charge in [0.25, 0.3) is 0 Å². The molecule has 1 fully saturated rings. The van der Waals surface area contributed by atoms with E-state index in [-0.39, 0.29) is 24.2 Å². The average molecular weight is 409 g/mol. The highest BCUT2D eigenvalue weighted by molar-refractivity contribution is 6.30. The molecule has 2 aromatic carbocycles. The molecule has 0 spiro atoms. The smallest absolute Gasteiger partial charge is 0.322 e. The monoisotopic (exact) mass is 408 g/mol. The number of carbonyl (C=O) groups excluding carboxylic acids is 2. The van der Waals surface area contributed by atoms with E-state index in [2.05, 4.69) is 15.3 Å². The van der Waals surface area contributed by atoms with E-state index >= 15 is 0 Å². The molecule has 8 heteroatoms. The lowest BCUT2D eigenvalue weighted by Crippen LogP contribution is -2.28. The molecule has 1 saturated heterocycles. The topological polar surface area (TPSA) is 84.4 Å². The zero-order chi connectivity index (χ0) is 20.2. The van der Waals surface area contributed by atoms with Crippen LogP contribution in [-0.2, 0) is 9.59 Å². The molecule has 0 aliphatic carbocycles. The second-order valence-corrected chi connectivity index (χ2v) is 6.98. The Kier molecular flexibility index (Phi) is 5.39. The van der Waals surface area contributed by atoms with Crippen LogP contribution in [0.25, 0.3) is 0 Å². The number of benzene rings is 2. The first-order chi connectivity index (χ1) is 14.1. The number of nitrogens with one attached hydrogen (secondary N) is 1. The largest absolute Gasteiger partial charge is 0.424 e. The van der Waals surface area contributed by atoms with Gasteiger partial charge in [0.2, 0.25) is 11.8 Å². The van der Waals surface area contributed by atoms with Crippen LogP contribution in [0.4, 0.5) is 11.4 Å². The van der Waals surface area contributed by atoms with Gasteiger partial charge in [0, 0.05) is 23.7 Å². The molecule has 2 amide bonds. The Balaban J connectivity index is 1.37. The minimum atomic E-state index is -0.460. The van der Waals surface area contributed by atoms with E-state index < -0.39 is 5.92 Å². The third kappa shape index (κ3) is 4.52. The first kappa shape index (κ1) is 18.9. The quantitative estimate of drug-likeness (QED) is 0.691. The number of para-hydroxylation sites is 1. The molecular formula is C21H17ClN4O3. The number of ether oxygens (including phenoxy) is 1. The maximum Gasteiger partial charge on any atom is 0.322 e. The van der Waals surface area contributed by atoms with Crippen molar-refractivity contribution in [1.82, 2.24) is 9.97 Å². The predicted octanol–water partition coefficient (Wildman–Crippen LogP) is 3.91. The molecule has 3 aromatic rings. The van der Waals surface area contributed by atoms with Crippen molar-refractivity contribution in [3.63, 3.8) is 0 Å². The number of nitrogens with zero attached hydrogens (tertiary/aromatic N) is 3. The van der Waals surface area contributed by atoms with Gasteiger partial charge in [0.1, 0.15) is 5.75 Å². The number of anilines is 2. The second kappa shape index (κ2) is 8.28. The van der Waals surface area contributed by atoms with Gasteiger partial charge in [-0.15, -0.1) is 0 Å². The van der Waals surface area contributed by atoms with Crippen molar-refractivity contribution in [1.29, 1.82) is 0 Å². The summed E-state index contributed by atoms with van der Waals surface area (Å²) in [6, 6.07) is 16.3. The maximum atomic E-state index is 12.6. The van der Waals surface area contributed by atoms with Crippen LogP contribution >= 0.6 is 11.6 Å². The summed E-state index contributed by atoms with van der Waals surface area (Å²) in [5.74, 6) is -0.194. The van der Waals surface area contributed by atoms with Gasteiger partial charge in [0.05, 0.1) is 24.0 Å². The summed E-state index contributed by atoms with van der Waals surface area (Å²) in [4.78, 5) is 34.7. The number of halogens is 1. The van der Waals surface area contributed by atoms with Gasteiger partial charge in [-0.2, -0.15) is 0 Å². The lowest BCUT2D eigenvalue weighted by atomic mass is 10.1. The fourth-order valence-corrected chi connectivity index (χ4v) is 3.15. The number of aromatic nitrogens is 2. The number of rotatable bonds is 5. The van der Waals surface area contributed by atoms with Crippen LogP contribution in [0.5, 0.6) is 11.8 Å². The van der Waals surface area contributed by atoms with Crippen LogP contribution in [0.15, 0.2) is 67.0 Å². The first-order valence-electron chi connectivity index (χ1n) is 9.00. The molecule has 7 nitrogen and oxygen atoms in total. The van der Waals surface area contributed by atoms with Gasteiger partial charge in [-0.25, -0.2) is 9.97 Å². The Morgan fingerprint density at radius 1 is 1.07 bits per heavy atom. The molecule has 1 aromatic heterocycles. The van der Waals surface area contributed by atoms with Crippen molar-refractivity contribution in [2.75, 3.05) is 16.8 Å². The molecule has 2 heterocycles. The fourth-order valence-electron chi connectivity index (χ4n) is 3.03. The maximum absolute atomic E-state index is 12.6. The molecule has 1 N–H and O–H groups in total. The van der Waals surface area contributed by atoms with Crippen LogP contribution in [0.3, 0.4) is 0 Å². The Bertz CT molecular complexity index is 1010. The molecule has 1 unspecified atom stereocenters. The molecule has 4 rings (SSSR count). The summed E-state index contributed by atoms with van der Waals surface area (Å²) >= 11 is 5.89. The molecule has 0 radical (unpaired) electrons. The summed E-state index contributed by atoms with van der Waals surface area (Å²) in [5.41, 5.74) is 1.16. The summed E-state index contributed by atoms with van der Waals surface area (Å²) in [7, 11) is 0. The van der Waals surface area contributed by atoms with Gasteiger partial charge in [0.15, 0.2) is 0 Å². The number of amides is 2. The first-order valence-corrected chi connectivity index (χ1v) is 9.38. The van der Waals surface area contributed by atoms with Gasteiger partial charge in [-0.3, -0.25) is 9.59 Å².